The van der Waals surface area contributed by atoms with Crippen LogP contribution in [0, 0.1) is 5.41 Å². The molecule has 2 aliphatic rings. The Bertz CT molecular complexity index is 228. The third kappa shape index (κ3) is 1.62. The maximum absolute atomic E-state index is 4.22. The van der Waals surface area contributed by atoms with E-state index in [0.717, 1.165) is 11.3 Å². The zero-order chi connectivity index (χ0) is 9.31. The van der Waals surface area contributed by atoms with Crippen molar-refractivity contribution < 1.29 is 0 Å². The summed E-state index contributed by atoms with van der Waals surface area (Å²) in [5.74, 6) is 1.07. The molecule has 1 aliphatic heterocycles. The maximum atomic E-state index is 4.22. The summed E-state index contributed by atoms with van der Waals surface area (Å²) < 4.78 is 0. The fraction of sp³-hybridized carbons (Fsp3) is 0.727. The lowest BCUT2D eigenvalue weighted by Crippen LogP contribution is -2.38. The molecule has 0 atom stereocenters. The van der Waals surface area contributed by atoms with Crippen LogP contribution in [0.25, 0.3) is 0 Å². The SMILES string of the molecule is C=CC(=NC)N1CCC2(CC1)CC2. The van der Waals surface area contributed by atoms with Crippen molar-refractivity contribution in [2.45, 2.75) is 25.7 Å². The lowest BCUT2D eigenvalue weighted by atomic mass is 9.94. The highest BCUT2D eigenvalue weighted by Gasteiger charge is 2.44. The highest BCUT2D eigenvalue weighted by Crippen LogP contribution is 2.53. The molecule has 2 rings (SSSR count). The van der Waals surface area contributed by atoms with Crippen molar-refractivity contribution in [3.05, 3.63) is 12.7 Å². The molecule has 1 saturated carbocycles. The van der Waals surface area contributed by atoms with E-state index in [1.165, 1.54) is 38.8 Å². The van der Waals surface area contributed by atoms with E-state index in [1.54, 1.807) is 0 Å². The van der Waals surface area contributed by atoms with E-state index < -0.39 is 0 Å². The molecule has 0 N–H and O–H groups in total. The number of amidine groups is 1. The number of likely N-dealkylation sites (tertiary alicyclic amines) is 1. The molecule has 0 aromatic heterocycles. The number of rotatable bonds is 1. The number of piperidine rings is 1. The Morgan fingerprint density at radius 2 is 1.92 bits per heavy atom. The van der Waals surface area contributed by atoms with Gasteiger partial charge in [0.25, 0.3) is 0 Å². The van der Waals surface area contributed by atoms with E-state index in [9.17, 15) is 0 Å². The molecule has 2 nitrogen and oxygen atoms in total. The van der Waals surface area contributed by atoms with Gasteiger partial charge in [0.1, 0.15) is 5.84 Å². The first-order valence-corrected chi connectivity index (χ1v) is 5.14. The molecule has 2 heteroatoms. The van der Waals surface area contributed by atoms with Gasteiger partial charge in [-0.3, -0.25) is 4.99 Å². The Labute approximate surface area is 80.3 Å². The van der Waals surface area contributed by atoms with Gasteiger partial charge < -0.3 is 4.90 Å². The smallest absolute Gasteiger partial charge is 0.122 e. The van der Waals surface area contributed by atoms with Crippen molar-refractivity contribution in [2.75, 3.05) is 20.1 Å². The molecule has 2 fully saturated rings. The Kier molecular flexibility index (Phi) is 2.14. The van der Waals surface area contributed by atoms with Gasteiger partial charge in [-0.15, -0.1) is 0 Å². The van der Waals surface area contributed by atoms with Gasteiger partial charge in [0.2, 0.25) is 0 Å². The zero-order valence-electron chi connectivity index (χ0n) is 8.42. The van der Waals surface area contributed by atoms with E-state index >= 15 is 0 Å². The van der Waals surface area contributed by atoms with Crippen molar-refractivity contribution in [1.82, 2.24) is 4.90 Å². The highest BCUT2D eigenvalue weighted by molar-refractivity contribution is 5.92. The first-order chi connectivity index (χ1) is 6.29. The van der Waals surface area contributed by atoms with Crippen LogP contribution in [0.4, 0.5) is 0 Å². The second-order valence-electron chi connectivity index (χ2n) is 4.27. The minimum Gasteiger partial charge on any atom is -0.357 e. The number of nitrogens with zero attached hydrogens (tertiary/aromatic N) is 2. The molecular formula is C11H18N2. The van der Waals surface area contributed by atoms with E-state index in [0.29, 0.717) is 0 Å². The van der Waals surface area contributed by atoms with Crippen LogP contribution in [0.1, 0.15) is 25.7 Å². The molecule has 13 heavy (non-hydrogen) atoms. The van der Waals surface area contributed by atoms with Crippen molar-refractivity contribution in [1.29, 1.82) is 0 Å². The third-order valence-electron chi connectivity index (χ3n) is 3.52. The van der Waals surface area contributed by atoms with Crippen molar-refractivity contribution in [2.24, 2.45) is 10.4 Å². The summed E-state index contributed by atoms with van der Waals surface area (Å²) in [5.41, 5.74) is 0.760. The number of aliphatic imine (C=N–C) groups is 1. The van der Waals surface area contributed by atoms with Crippen LogP contribution in [0.15, 0.2) is 17.6 Å². The molecule has 1 saturated heterocycles. The Hall–Kier alpha value is -0.790. The van der Waals surface area contributed by atoms with Crippen molar-refractivity contribution in [3.8, 4) is 0 Å². The molecule has 1 aliphatic carbocycles. The molecule has 1 heterocycles. The van der Waals surface area contributed by atoms with E-state index in [4.69, 9.17) is 0 Å². The van der Waals surface area contributed by atoms with Gasteiger partial charge in [-0.05, 0) is 37.2 Å². The van der Waals surface area contributed by atoms with Gasteiger partial charge in [-0.25, -0.2) is 0 Å². The summed E-state index contributed by atoms with van der Waals surface area (Å²) in [7, 11) is 1.85. The molecule has 0 aromatic carbocycles. The summed E-state index contributed by atoms with van der Waals surface area (Å²) in [5, 5.41) is 0. The monoisotopic (exact) mass is 178 g/mol. The summed E-state index contributed by atoms with van der Waals surface area (Å²) in [6.07, 6.45) is 7.52. The Balaban J connectivity index is 1.93. The predicted octanol–water partition coefficient (Wildman–Crippen LogP) is 2.08. The average molecular weight is 178 g/mol. The van der Waals surface area contributed by atoms with Crippen LogP contribution in [0.3, 0.4) is 0 Å². The first kappa shape index (κ1) is 8.79. The van der Waals surface area contributed by atoms with Gasteiger partial charge in [0, 0.05) is 20.1 Å². The van der Waals surface area contributed by atoms with Crippen LogP contribution in [-0.2, 0) is 0 Å². The lowest BCUT2D eigenvalue weighted by molar-refractivity contribution is 0.250. The molecule has 0 amide bonds. The summed E-state index contributed by atoms with van der Waals surface area (Å²) in [6, 6.07) is 0. The van der Waals surface area contributed by atoms with Crippen molar-refractivity contribution >= 4 is 5.84 Å². The summed E-state index contributed by atoms with van der Waals surface area (Å²) in [6.45, 7) is 6.15. The summed E-state index contributed by atoms with van der Waals surface area (Å²) in [4.78, 5) is 6.58. The van der Waals surface area contributed by atoms with Crippen LogP contribution >= 0.6 is 0 Å². The Morgan fingerprint density at radius 1 is 1.31 bits per heavy atom. The first-order valence-electron chi connectivity index (χ1n) is 5.14. The quantitative estimate of drug-likeness (QED) is 0.443. The van der Waals surface area contributed by atoms with Gasteiger partial charge >= 0.3 is 0 Å². The van der Waals surface area contributed by atoms with E-state index in [-0.39, 0.29) is 0 Å². The third-order valence-corrected chi connectivity index (χ3v) is 3.52. The van der Waals surface area contributed by atoms with Crippen LogP contribution in [0.5, 0.6) is 0 Å². The largest absolute Gasteiger partial charge is 0.357 e. The predicted molar refractivity (Wildman–Crippen MR) is 56.0 cm³/mol. The van der Waals surface area contributed by atoms with E-state index in [2.05, 4.69) is 16.5 Å². The average Bonchev–Trinajstić information content (AvgIpc) is 2.91. The van der Waals surface area contributed by atoms with Gasteiger partial charge in [0.05, 0.1) is 0 Å². The summed E-state index contributed by atoms with van der Waals surface area (Å²) >= 11 is 0. The topological polar surface area (TPSA) is 15.6 Å². The standard InChI is InChI=1S/C11H18N2/c1-3-10(12-2)13-8-6-11(4-5-11)7-9-13/h3H,1,4-9H2,2H3. The van der Waals surface area contributed by atoms with Gasteiger partial charge in [0.15, 0.2) is 0 Å². The van der Waals surface area contributed by atoms with Gasteiger partial charge in [-0.2, -0.15) is 0 Å². The second kappa shape index (κ2) is 3.17. The van der Waals surface area contributed by atoms with Crippen LogP contribution in [-0.4, -0.2) is 30.9 Å². The van der Waals surface area contributed by atoms with Gasteiger partial charge in [-0.1, -0.05) is 6.58 Å². The van der Waals surface area contributed by atoms with Crippen molar-refractivity contribution in [3.63, 3.8) is 0 Å². The highest BCUT2D eigenvalue weighted by atomic mass is 15.2. The molecular weight excluding hydrogens is 160 g/mol. The maximum Gasteiger partial charge on any atom is 0.122 e. The normalized spacial score (nSPS) is 26.2. The minimum absolute atomic E-state index is 0.760. The van der Waals surface area contributed by atoms with E-state index in [1.807, 2.05) is 13.1 Å². The zero-order valence-corrected chi connectivity index (χ0v) is 8.42. The number of hydrogen-bond donors (Lipinski definition) is 0. The fourth-order valence-electron chi connectivity index (χ4n) is 2.25. The molecule has 0 unspecified atom stereocenters. The molecule has 0 aromatic rings. The number of hydrogen-bond acceptors (Lipinski definition) is 1. The fourth-order valence-corrected chi connectivity index (χ4v) is 2.25. The molecule has 72 valence electrons. The lowest BCUT2D eigenvalue weighted by Gasteiger charge is -2.33. The second-order valence-corrected chi connectivity index (χ2v) is 4.27. The van der Waals surface area contributed by atoms with Crippen LogP contribution < -0.4 is 0 Å². The minimum atomic E-state index is 0.760. The molecule has 1 spiro atoms. The molecule has 0 radical (unpaired) electrons. The van der Waals surface area contributed by atoms with Crippen LogP contribution in [0.2, 0.25) is 0 Å². The Morgan fingerprint density at radius 3 is 2.31 bits per heavy atom. The molecule has 0 bridgehead atoms.